The second-order valence-electron chi connectivity index (χ2n) is 3.66. The fourth-order valence-electron chi connectivity index (χ4n) is 1.30. The van der Waals surface area contributed by atoms with Crippen LogP contribution in [0.25, 0.3) is 10.4 Å². The average molecular weight is 338 g/mol. The third-order valence-electron chi connectivity index (χ3n) is 2.19. The summed E-state index contributed by atoms with van der Waals surface area (Å²) in [6, 6.07) is 0. The van der Waals surface area contributed by atoms with Crippen LogP contribution in [-0.2, 0) is 0 Å². The van der Waals surface area contributed by atoms with E-state index >= 15 is 0 Å². The zero-order chi connectivity index (χ0) is 11.9. The summed E-state index contributed by atoms with van der Waals surface area (Å²) in [7, 11) is 0. The second kappa shape index (κ2) is 26.6. The van der Waals surface area contributed by atoms with Gasteiger partial charge in [0.2, 0.25) is 0 Å². The van der Waals surface area contributed by atoms with Crippen molar-refractivity contribution in [1.82, 2.24) is 10.6 Å². The Morgan fingerprint density at radius 3 is 1.79 bits per heavy atom. The molecular formula is C10H27Cl3N6. The Bertz CT molecular complexity index is 190. The van der Waals surface area contributed by atoms with Gasteiger partial charge >= 0.3 is 0 Å². The van der Waals surface area contributed by atoms with Crippen molar-refractivity contribution >= 4 is 37.2 Å². The SMILES string of the molecule is Cl.Cl.Cl.[N-]=[N+]=NCCCNCCCCNCCCN. The number of unbranched alkanes of at least 4 members (excludes halogenated alkanes) is 1. The maximum absolute atomic E-state index is 8.05. The summed E-state index contributed by atoms with van der Waals surface area (Å²) in [5.41, 5.74) is 13.4. The lowest BCUT2D eigenvalue weighted by atomic mass is 10.3. The standard InChI is InChI=1S/C10H24N6.3ClH/c11-5-3-8-13-6-1-2-7-14-9-4-10-15-16-12;;;/h13-14H,1-11H2;3*1H. The van der Waals surface area contributed by atoms with E-state index in [1.165, 1.54) is 12.8 Å². The first-order chi connectivity index (χ1) is 7.91. The van der Waals surface area contributed by atoms with Crippen LogP contribution in [0.1, 0.15) is 25.7 Å². The van der Waals surface area contributed by atoms with Crippen LogP contribution in [0.2, 0.25) is 0 Å². The Hall–Kier alpha value is 0.0600. The number of azide groups is 1. The lowest BCUT2D eigenvalue weighted by Crippen LogP contribution is -2.21. The molecule has 0 aromatic carbocycles. The molecule has 6 nitrogen and oxygen atoms in total. The second-order valence-corrected chi connectivity index (χ2v) is 3.66. The zero-order valence-corrected chi connectivity index (χ0v) is 13.7. The van der Waals surface area contributed by atoms with Gasteiger partial charge in [0, 0.05) is 11.5 Å². The molecule has 0 aliphatic rings. The van der Waals surface area contributed by atoms with Crippen LogP contribution in [-0.4, -0.2) is 39.3 Å². The van der Waals surface area contributed by atoms with E-state index < -0.39 is 0 Å². The summed E-state index contributed by atoms with van der Waals surface area (Å²) in [4.78, 5) is 2.70. The van der Waals surface area contributed by atoms with Crippen LogP contribution in [0.3, 0.4) is 0 Å². The molecule has 0 heterocycles. The predicted molar refractivity (Wildman–Crippen MR) is 89.0 cm³/mol. The quantitative estimate of drug-likeness (QED) is 0.220. The van der Waals surface area contributed by atoms with E-state index in [-0.39, 0.29) is 37.2 Å². The van der Waals surface area contributed by atoms with Gasteiger partial charge in [-0.1, -0.05) is 5.11 Å². The molecule has 0 radical (unpaired) electrons. The van der Waals surface area contributed by atoms with Crippen LogP contribution in [0.5, 0.6) is 0 Å². The molecule has 0 aromatic rings. The Balaban J connectivity index is -0.000000375. The van der Waals surface area contributed by atoms with E-state index in [4.69, 9.17) is 11.3 Å². The highest BCUT2D eigenvalue weighted by atomic mass is 35.5. The first-order valence-corrected chi connectivity index (χ1v) is 6.04. The molecule has 19 heavy (non-hydrogen) atoms. The van der Waals surface area contributed by atoms with Crippen LogP contribution >= 0.6 is 37.2 Å². The van der Waals surface area contributed by atoms with Crippen LogP contribution < -0.4 is 16.4 Å². The van der Waals surface area contributed by atoms with Gasteiger partial charge in [-0.25, -0.2) is 0 Å². The predicted octanol–water partition coefficient (Wildman–Crippen LogP) is 2.26. The Morgan fingerprint density at radius 2 is 1.32 bits per heavy atom. The van der Waals surface area contributed by atoms with Gasteiger partial charge in [0.15, 0.2) is 0 Å². The molecular weight excluding hydrogens is 311 g/mol. The molecule has 0 unspecified atom stereocenters. The van der Waals surface area contributed by atoms with Crippen molar-refractivity contribution in [3.63, 3.8) is 0 Å². The maximum Gasteiger partial charge on any atom is 0.0269 e. The molecule has 0 amide bonds. The van der Waals surface area contributed by atoms with Crippen molar-refractivity contribution in [2.75, 3.05) is 39.3 Å². The molecule has 0 fully saturated rings. The van der Waals surface area contributed by atoms with Gasteiger partial charge in [0.1, 0.15) is 0 Å². The lowest BCUT2D eigenvalue weighted by Gasteiger charge is -2.04. The fraction of sp³-hybridized carbons (Fsp3) is 1.00. The largest absolute Gasteiger partial charge is 0.330 e. The van der Waals surface area contributed by atoms with Gasteiger partial charge in [-0.05, 0) is 63.9 Å². The Kier molecular flexibility index (Phi) is 38.4. The molecule has 0 aliphatic heterocycles. The van der Waals surface area contributed by atoms with E-state index in [1.54, 1.807) is 0 Å². The van der Waals surface area contributed by atoms with Gasteiger partial charge < -0.3 is 16.4 Å². The summed E-state index contributed by atoms with van der Waals surface area (Å²) >= 11 is 0. The van der Waals surface area contributed by atoms with Crippen LogP contribution in [0, 0.1) is 0 Å². The monoisotopic (exact) mass is 336 g/mol. The molecule has 4 N–H and O–H groups in total. The van der Waals surface area contributed by atoms with Crippen molar-refractivity contribution in [3.8, 4) is 0 Å². The van der Waals surface area contributed by atoms with Crippen LogP contribution in [0.15, 0.2) is 5.11 Å². The first-order valence-electron chi connectivity index (χ1n) is 6.04. The van der Waals surface area contributed by atoms with E-state index in [0.29, 0.717) is 6.54 Å². The van der Waals surface area contributed by atoms with Crippen LogP contribution in [0.4, 0.5) is 0 Å². The van der Waals surface area contributed by atoms with Gasteiger partial charge in [0.25, 0.3) is 0 Å². The normalized spacial score (nSPS) is 8.47. The lowest BCUT2D eigenvalue weighted by molar-refractivity contribution is 0.570. The number of nitrogens with two attached hydrogens (primary N) is 1. The van der Waals surface area contributed by atoms with E-state index in [1.807, 2.05) is 0 Å². The minimum atomic E-state index is 0. The number of nitrogens with one attached hydrogen (secondary N) is 2. The van der Waals surface area contributed by atoms with Crippen molar-refractivity contribution in [3.05, 3.63) is 10.4 Å². The molecule has 0 atom stereocenters. The number of hydrogen-bond donors (Lipinski definition) is 3. The highest BCUT2D eigenvalue weighted by molar-refractivity contribution is 5.86. The average Bonchev–Trinajstić information content (AvgIpc) is 2.31. The summed E-state index contributed by atoms with van der Waals surface area (Å²) < 4.78 is 0. The zero-order valence-electron chi connectivity index (χ0n) is 11.2. The molecule has 0 spiro atoms. The highest BCUT2D eigenvalue weighted by Gasteiger charge is 1.90. The molecule has 0 rings (SSSR count). The first kappa shape index (κ1) is 27.4. The molecule has 0 bridgehead atoms. The topological polar surface area (TPSA) is 98.8 Å². The summed E-state index contributed by atoms with van der Waals surface area (Å²) in [6.07, 6.45) is 4.33. The Labute approximate surface area is 134 Å². The number of hydrogen-bond acceptors (Lipinski definition) is 4. The summed E-state index contributed by atoms with van der Waals surface area (Å²) in [6.45, 7) is 5.41. The van der Waals surface area contributed by atoms with E-state index in [0.717, 1.165) is 45.6 Å². The Morgan fingerprint density at radius 1 is 0.842 bits per heavy atom. The van der Waals surface area contributed by atoms with Gasteiger partial charge in [0.05, 0.1) is 0 Å². The van der Waals surface area contributed by atoms with E-state index in [2.05, 4.69) is 20.7 Å². The van der Waals surface area contributed by atoms with Crippen molar-refractivity contribution < 1.29 is 0 Å². The third kappa shape index (κ3) is 27.3. The summed E-state index contributed by atoms with van der Waals surface area (Å²) in [5.74, 6) is 0. The van der Waals surface area contributed by atoms with Crippen molar-refractivity contribution in [2.24, 2.45) is 10.8 Å². The van der Waals surface area contributed by atoms with E-state index in [9.17, 15) is 0 Å². The maximum atomic E-state index is 8.05. The van der Waals surface area contributed by atoms with Gasteiger partial charge in [-0.2, -0.15) is 0 Å². The van der Waals surface area contributed by atoms with Gasteiger partial charge in [-0.15, -0.1) is 37.2 Å². The fourth-order valence-corrected chi connectivity index (χ4v) is 1.30. The smallest absolute Gasteiger partial charge is 0.0269 e. The molecule has 0 aliphatic carbocycles. The number of halogens is 3. The third-order valence-corrected chi connectivity index (χ3v) is 2.19. The minimum absolute atomic E-state index is 0. The molecule has 0 saturated carbocycles. The highest BCUT2D eigenvalue weighted by Crippen LogP contribution is 1.86. The molecule has 9 heteroatoms. The minimum Gasteiger partial charge on any atom is -0.330 e. The van der Waals surface area contributed by atoms with Crippen molar-refractivity contribution in [1.29, 1.82) is 0 Å². The number of rotatable bonds is 12. The summed E-state index contributed by atoms with van der Waals surface area (Å²) in [5, 5.41) is 10.1. The molecule has 0 saturated heterocycles. The number of nitrogens with zero attached hydrogens (tertiary/aromatic N) is 3. The molecule has 0 aromatic heterocycles. The van der Waals surface area contributed by atoms with Gasteiger partial charge in [-0.3, -0.25) is 0 Å². The molecule has 118 valence electrons. The van der Waals surface area contributed by atoms with Crippen molar-refractivity contribution in [2.45, 2.75) is 25.7 Å².